The molecule has 1 saturated heterocycles. The van der Waals surface area contributed by atoms with Gasteiger partial charge in [0.2, 0.25) is 0 Å². The average Bonchev–Trinajstić information content (AvgIpc) is 2.39. The zero-order chi connectivity index (χ0) is 11.7. The fourth-order valence-corrected chi connectivity index (χ4v) is 2.50. The number of pyridine rings is 1. The molecule has 1 aliphatic heterocycles. The molecule has 17 heavy (non-hydrogen) atoms. The number of nitrogens with zero attached hydrogens (tertiary/aromatic N) is 2. The van der Waals surface area contributed by atoms with E-state index in [0.29, 0.717) is 0 Å². The van der Waals surface area contributed by atoms with Crippen molar-refractivity contribution in [1.82, 2.24) is 10.3 Å². The molecule has 4 heteroatoms. The highest BCUT2D eigenvalue weighted by Gasteiger charge is 2.11. The Morgan fingerprint density at radius 2 is 1.88 bits per heavy atom. The van der Waals surface area contributed by atoms with E-state index in [-0.39, 0.29) is 0 Å². The number of hydrogen-bond acceptors (Lipinski definition) is 3. The molecule has 1 aromatic heterocycles. The van der Waals surface area contributed by atoms with Gasteiger partial charge in [0.1, 0.15) is 5.82 Å². The molecule has 0 bridgehead atoms. The summed E-state index contributed by atoms with van der Waals surface area (Å²) in [4.78, 5) is 7.06. The first-order chi connectivity index (χ1) is 8.33. The number of piperazine rings is 1. The lowest BCUT2D eigenvalue weighted by Crippen LogP contribution is -2.43. The minimum atomic E-state index is 1.03. The van der Waals surface area contributed by atoms with Gasteiger partial charge in [0.25, 0.3) is 0 Å². The first-order valence-corrected chi connectivity index (χ1v) is 6.64. The predicted molar refractivity (Wildman–Crippen MR) is 74.5 cm³/mol. The third-order valence-corrected chi connectivity index (χ3v) is 3.57. The van der Waals surface area contributed by atoms with Crippen LogP contribution in [0.15, 0.2) is 34.8 Å². The molecule has 1 N–H and O–H groups in total. The number of aromatic nitrogens is 1. The summed E-state index contributed by atoms with van der Waals surface area (Å²) < 4.78 is 1.08. The van der Waals surface area contributed by atoms with Crippen molar-refractivity contribution >= 4 is 32.7 Å². The monoisotopic (exact) mass is 291 g/mol. The summed E-state index contributed by atoms with van der Waals surface area (Å²) >= 11 is 3.49. The van der Waals surface area contributed by atoms with Gasteiger partial charge in [-0.2, -0.15) is 0 Å². The van der Waals surface area contributed by atoms with Crippen LogP contribution in [0, 0.1) is 0 Å². The summed E-state index contributed by atoms with van der Waals surface area (Å²) in [5.41, 5.74) is 1.05. The molecular weight excluding hydrogens is 278 g/mol. The summed E-state index contributed by atoms with van der Waals surface area (Å²) in [5.74, 6) is 1.08. The summed E-state index contributed by atoms with van der Waals surface area (Å²) in [6, 6.07) is 10.5. The number of hydrogen-bond donors (Lipinski definition) is 1. The zero-order valence-electron chi connectivity index (χ0n) is 9.49. The molecule has 1 aliphatic rings. The fourth-order valence-electron chi connectivity index (χ4n) is 2.15. The zero-order valence-corrected chi connectivity index (χ0v) is 11.1. The van der Waals surface area contributed by atoms with Crippen molar-refractivity contribution in [1.29, 1.82) is 0 Å². The Morgan fingerprint density at radius 3 is 2.71 bits per heavy atom. The number of anilines is 1. The second-order valence-corrected chi connectivity index (χ2v) is 5.16. The van der Waals surface area contributed by atoms with Crippen LogP contribution >= 0.6 is 15.9 Å². The number of fused-ring (bicyclic) bond motifs is 1. The van der Waals surface area contributed by atoms with Gasteiger partial charge in [-0.25, -0.2) is 4.98 Å². The van der Waals surface area contributed by atoms with Crippen LogP contribution in [0.2, 0.25) is 0 Å². The maximum absolute atomic E-state index is 4.73. The van der Waals surface area contributed by atoms with E-state index in [1.54, 1.807) is 0 Å². The molecule has 0 radical (unpaired) electrons. The molecule has 0 aliphatic carbocycles. The number of rotatable bonds is 1. The molecular formula is C13H14BrN3. The van der Waals surface area contributed by atoms with E-state index in [1.807, 2.05) is 0 Å². The summed E-state index contributed by atoms with van der Waals surface area (Å²) in [6.07, 6.45) is 0. The van der Waals surface area contributed by atoms with Crippen LogP contribution in [0.4, 0.5) is 5.82 Å². The van der Waals surface area contributed by atoms with Gasteiger partial charge in [-0.3, -0.25) is 0 Å². The van der Waals surface area contributed by atoms with Crippen LogP contribution in [0.3, 0.4) is 0 Å². The molecule has 1 fully saturated rings. The largest absolute Gasteiger partial charge is 0.354 e. The smallest absolute Gasteiger partial charge is 0.129 e. The lowest BCUT2D eigenvalue weighted by atomic mass is 10.2. The highest BCUT2D eigenvalue weighted by molar-refractivity contribution is 9.10. The summed E-state index contributed by atoms with van der Waals surface area (Å²) in [6.45, 7) is 4.15. The van der Waals surface area contributed by atoms with E-state index in [4.69, 9.17) is 4.98 Å². The van der Waals surface area contributed by atoms with E-state index in [9.17, 15) is 0 Å². The lowest BCUT2D eigenvalue weighted by Gasteiger charge is -2.28. The van der Waals surface area contributed by atoms with Crippen molar-refractivity contribution in [3.8, 4) is 0 Å². The molecule has 0 spiro atoms. The van der Waals surface area contributed by atoms with Gasteiger partial charge in [-0.15, -0.1) is 0 Å². The molecule has 0 saturated carbocycles. The Bertz CT molecular complexity index is 535. The molecule has 0 atom stereocenters. The van der Waals surface area contributed by atoms with Gasteiger partial charge in [-0.1, -0.05) is 22.0 Å². The second-order valence-electron chi connectivity index (χ2n) is 4.24. The highest BCUT2D eigenvalue weighted by Crippen LogP contribution is 2.21. The Labute approximate surface area is 109 Å². The van der Waals surface area contributed by atoms with Crippen molar-refractivity contribution < 1.29 is 0 Å². The Morgan fingerprint density at radius 1 is 1.12 bits per heavy atom. The molecule has 2 heterocycles. The van der Waals surface area contributed by atoms with Crippen molar-refractivity contribution in [2.75, 3.05) is 31.1 Å². The average molecular weight is 292 g/mol. The minimum absolute atomic E-state index is 1.03. The van der Waals surface area contributed by atoms with E-state index < -0.39 is 0 Å². The van der Waals surface area contributed by atoms with E-state index >= 15 is 0 Å². The normalized spacial score (nSPS) is 16.4. The Hall–Kier alpha value is -1.13. The van der Waals surface area contributed by atoms with E-state index in [0.717, 1.165) is 42.0 Å². The third-order valence-electron chi connectivity index (χ3n) is 3.08. The second kappa shape index (κ2) is 4.63. The van der Waals surface area contributed by atoms with Gasteiger partial charge in [0, 0.05) is 36.0 Å². The molecule has 2 aromatic rings. The standard InChI is InChI=1S/C13H14BrN3/c14-11-3-1-10-2-4-13(16-12(10)9-11)17-7-5-15-6-8-17/h1-4,9,15H,5-8H2. The predicted octanol–water partition coefficient (Wildman–Crippen LogP) is 2.41. The number of nitrogens with one attached hydrogen (secondary N) is 1. The van der Waals surface area contributed by atoms with Gasteiger partial charge < -0.3 is 10.2 Å². The topological polar surface area (TPSA) is 28.2 Å². The van der Waals surface area contributed by atoms with Crippen molar-refractivity contribution in [2.45, 2.75) is 0 Å². The molecule has 3 rings (SSSR count). The van der Waals surface area contributed by atoms with Crippen molar-refractivity contribution in [3.63, 3.8) is 0 Å². The van der Waals surface area contributed by atoms with Gasteiger partial charge in [0.15, 0.2) is 0 Å². The number of halogens is 1. The van der Waals surface area contributed by atoms with Crippen LogP contribution in [0.5, 0.6) is 0 Å². The van der Waals surface area contributed by atoms with Crippen molar-refractivity contribution in [3.05, 3.63) is 34.8 Å². The van der Waals surface area contributed by atoms with Crippen LogP contribution in [0.25, 0.3) is 10.9 Å². The Balaban J connectivity index is 1.99. The fraction of sp³-hybridized carbons (Fsp3) is 0.308. The van der Waals surface area contributed by atoms with Gasteiger partial charge >= 0.3 is 0 Å². The van der Waals surface area contributed by atoms with Crippen LogP contribution in [-0.2, 0) is 0 Å². The highest BCUT2D eigenvalue weighted by atomic mass is 79.9. The number of benzene rings is 1. The minimum Gasteiger partial charge on any atom is -0.354 e. The SMILES string of the molecule is Brc1ccc2ccc(N3CCNCC3)nc2c1. The van der Waals surface area contributed by atoms with Crippen LogP contribution < -0.4 is 10.2 Å². The van der Waals surface area contributed by atoms with Crippen LogP contribution in [0.1, 0.15) is 0 Å². The molecule has 3 nitrogen and oxygen atoms in total. The summed E-state index contributed by atoms with van der Waals surface area (Å²) in [5, 5.41) is 4.54. The van der Waals surface area contributed by atoms with Crippen molar-refractivity contribution in [2.24, 2.45) is 0 Å². The maximum atomic E-state index is 4.73. The quantitative estimate of drug-likeness (QED) is 0.875. The third kappa shape index (κ3) is 2.28. The lowest BCUT2D eigenvalue weighted by molar-refractivity contribution is 0.585. The molecule has 0 amide bonds. The summed E-state index contributed by atoms with van der Waals surface area (Å²) in [7, 11) is 0. The van der Waals surface area contributed by atoms with Crippen LogP contribution in [-0.4, -0.2) is 31.2 Å². The first-order valence-electron chi connectivity index (χ1n) is 5.85. The molecule has 1 aromatic carbocycles. The molecule has 88 valence electrons. The van der Waals surface area contributed by atoms with E-state index in [1.165, 1.54) is 5.39 Å². The Kier molecular flexibility index (Phi) is 2.99. The maximum Gasteiger partial charge on any atom is 0.129 e. The van der Waals surface area contributed by atoms with Gasteiger partial charge in [0.05, 0.1) is 5.52 Å². The van der Waals surface area contributed by atoms with Gasteiger partial charge in [-0.05, 0) is 24.3 Å². The van der Waals surface area contributed by atoms with E-state index in [2.05, 4.69) is 56.5 Å². The molecule has 0 unspecified atom stereocenters. The first kappa shape index (κ1) is 11.0.